The zero-order valence-electron chi connectivity index (χ0n) is 7.13. The zero-order valence-corrected chi connectivity index (χ0v) is 7.13. The SMILES string of the molecule is CCN(C)CC(=O)NCCO. The predicted octanol–water partition coefficient (Wildman–Crippen LogP) is -0.953. The fourth-order valence-corrected chi connectivity index (χ4v) is 0.608. The fraction of sp³-hybridized carbons (Fsp3) is 0.857. The van der Waals surface area contributed by atoms with Gasteiger partial charge in [0, 0.05) is 6.54 Å². The van der Waals surface area contributed by atoms with E-state index in [1.165, 1.54) is 0 Å². The summed E-state index contributed by atoms with van der Waals surface area (Å²) in [7, 11) is 1.87. The Hall–Kier alpha value is -0.610. The smallest absolute Gasteiger partial charge is 0.234 e. The quantitative estimate of drug-likeness (QED) is 0.545. The summed E-state index contributed by atoms with van der Waals surface area (Å²) in [5, 5.41) is 10.9. The van der Waals surface area contributed by atoms with E-state index in [0.29, 0.717) is 13.1 Å². The molecular weight excluding hydrogens is 144 g/mol. The molecule has 0 aliphatic carbocycles. The van der Waals surface area contributed by atoms with E-state index >= 15 is 0 Å². The van der Waals surface area contributed by atoms with Gasteiger partial charge in [0.1, 0.15) is 0 Å². The lowest BCUT2D eigenvalue weighted by Crippen LogP contribution is -2.36. The predicted molar refractivity (Wildman–Crippen MR) is 43.3 cm³/mol. The molecule has 0 unspecified atom stereocenters. The van der Waals surface area contributed by atoms with Gasteiger partial charge in [0.2, 0.25) is 5.91 Å². The Morgan fingerprint density at radius 3 is 2.73 bits per heavy atom. The lowest BCUT2D eigenvalue weighted by Gasteiger charge is -2.12. The van der Waals surface area contributed by atoms with Crippen molar-refractivity contribution in [1.29, 1.82) is 0 Å². The standard InChI is InChI=1S/C7H16N2O2/c1-3-9(2)6-7(11)8-4-5-10/h10H,3-6H2,1-2H3,(H,8,11). The highest BCUT2D eigenvalue weighted by molar-refractivity contribution is 5.77. The van der Waals surface area contributed by atoms with Crippen molar-refractivity contribution in [3.8, 4) is 0 Å². The van der Waals surface area contributed by atoms with Crippen molar-refractivity contribution < 1.29 is 9.90 Å². The minimum absolute atomic E-state index is 0.00157. The second-order valence-corrected chi connectivity index (χ2v) is 2.40. The van der Waals surface area contributed by atoms with Gasteiger partial charge in [-0.25, -0.2) is 0 Å². The van der Waals surface area contributed by atoms with E-state index in [0.717, 1.165) is 6.54 Å². The van der Waals surface area contributed by atoms with Gasteiger partial charge in [-0.05, 0) is 13.6 Å². The lowest BCUT2D eigenvalue weighted by molar-refractivity contribution is -0.122. The summed E-state index contributed by atoms with van der Waals surface area (Å²) >= 11 is 0. The van der Waals surface area contributed by atoms with Gasteiger partial charge in [0.15, 0.2) is 0 Å². The molecule has 1 amide bonds. The number of amides is 1. The van der Waals surface area contributed by atoms with Crippen LogP contribution in [0.3, 0.4) is 0 Å². The molecule has 0 aliphatic rings. The van der Waals surface area contributed by atoms with Crippen molar-refractivity contribution in [3.63, 3.8) is 0 Å². The molecule has 0 radical (unpaired) electrons. The molecule has 0 aromatic heterocycles. The number of rotatable bonds is 5. The van der Waals surface area contributed by atoms with Crippen LogP contribution in [0.4, 0.5) is 0 Å². The molecule has 0 rings (SSSR count). The van der Waals surface area contributed by atoms with Crippen molar-refractivity contribution in [1.82, 2.24) is 10.2 Å². The van der Waals surface area contributed by atoms with Crippen LogP contribution in [0, 0.1) is 0 Å². The summed E-state index contributed by atoms with van der Waals surface area (Å²) in [6.07, 6.45) is 0. The summed E-state index contributed by atoms with van der Waals surface area (Å²) in [4.78, 5) is 12.8. The number of aliphatic hydroxyl groups excluding tert-OH is 1. The molecule has 0 spiro atoms. The third-order valence-corrected chi connectivity index (χ3v) is 1.39. The monoisotopic (exact) mass is 160 g/mol. The van der Waals surface area contributed by atoms with E-state index in [-0.39, 0.29) is 12.5 Å². The van der Waals surface area contributed by atoms with Gasteiger partial charge in [-0.15, -0.1) is 0 Å². The van der Waals surface area contributed by atoms with Gasteiger partial charge in [-0.2, -0.15) is 0 Å². The van der Waals surface area contributed by atoms with E-state index in [9.17, 15) is 4.79 Å². The highest BCUT2D eigenvalue weighted by Gasteiger charge is 2.02. The van der Waals surface area contributed by atoms with Gasteiger partial charge < -0.3 is 10.4 Å². The Morgan fingerprint density at radius 2 is 2.27 bits per heavy atom. The summed E-state index contributed by atoms with van der Waals surface area (Å²) in [6.45, 7) is 3.58. The van der Waals surface area contributed by atoms with Crippen molar-refractivity contribution >= 4 is 5.91 Å². The number of hydrogen-bond acceptors (Lipinski definition) is 3. The Balaban J connectivity index is 3.36. The fourth-order valence-electron chi connectivity index (χ4n) is 0.608. The summed E-state index contributed by atoms with van der Waals surface area (Å²) in [6, 6.07) is 0. The largest absolute Gasteiger partial charge is 0.395 e. The first-order valence-electron chi connectivity index (χ1n) is 3.76. The van der Waals surface area contributed by atoms with Crippen LogP contribution < -0.4 is 5.32 Å². The van der Waals surface area contributed by atoms with Gasteiger partial charge in [-0.3, -0.25) is 9.69 Å². The zero-order chi connectivity index (χ0) is 8.69. The Bertz CT molecular complexity index is 117. The van der Waals surface area contributed by atoms with E-state index in [1.807, 2.05) is 18.9 Å². The van der Waals surface area contributed by atoms with Crippen LogP contribution in [-0.2, 0) is 4.79 Å². The van der Waals surface area contributed by atoms with Gasteiger partial charge in [-0.1, -0.05) is 6.92 Å². The van der Waals surface area contributed by atoms with Crippen molar-refractivity contribution in [3.05, 3.63) is 0 Å². The van der Waals surface area contributed by atoms with E-state index in [2.05, 4.69) is 5.32 Å². The molecule has 4 heteroatoms. The first kappa shape index (κ1) is 10.4. The van der Waals surface area contributed by atoms with Crippen LogP contribution in [0.1, 0.15) is 6.92 Å². The van der Waals surface area contributed by atoms with Crippen molar-refractivity contribution in [2.45, 2.75) is 6.92 Å². The molecule has 2 N–H and O–H groups in total. The first-order chi connectivity index (χ1) is 5.20. The second kappa shape index (κ2) is 6.12. The Morgan fingerprint density at radius 1 is 1.64 bits per heavy atom. The Kier molecular flexibility index (Phi) is 5.78. The second-order valence-electron chi connectivity index (χ2n) is 2.40. The van der Waals surface area contributed by atoms with Crippen LogP contribution >= 0.6 is 0 Å². The molecule has 66 valence electrons. The maximum atomic E-state index is 10.9. The van der Waals surface area contributed by atoms with Crippen LogP contribution in [0.2, 0.25) is 0 Å². The highest BCUT2D eigenvalue weighted by Crippen LogP contribution is 1.78. The number of nitrogens with zero attached hydrogens (tertiary/aromatic N) is 1. The molecule has 0 fully saturated rings. The first-order valence-corrected chi connectivity index (χ1v) is 3.76. The molecule has 0 aliphatic heterocycles. The molecule has 0 aromatic rings. The molecule has 11 heavy (non-hydrogen) atoms. The van der Waals surface area contributed by atoms with Gasteiger partial charge >= 0.3 is 0 Å². The minimum Gasteiger partial charge on any atom is -0.395 e. The average molecular weight is 160 g/mol. The number of likely N-dealkylation sites (N-methyl/N-ethyl adjacent to an activating group) is 1. The van der Waals surface area contributed by atoms with Crippen LogP contribution in [0.25, 0.3) is 0 Å². The summed E-state index contributed by atoms with van der Waals surface area (Å²) in [5.74, 6) is -0.0385. The van der Waals surface area contributed by atoms with Gasteiger partial charge in [0.05, 0.1) is 13.2 Å². The number of hydrogen-bond donors (Lipinski definition) is 2. The molecule has 0 heterocycles. The third kappa shape index (κ3) is 5.82. The maximum Gasteiger partial charge on any atom is 0.234 e. The minimum atomic E-state index is -0.0385. The topological polar surface area (TPSA) is 52.6 Å². The molecule has 0 bridgehead atoms. The van der Waals surface area contributed by atoms with E-state index in [1.54, 1.807) is 0 Å². The number of aliphatic hydroxyl groups is 1. The van der Waals surface area contributed by atoms with Crippen LogP contribution in [0.15, 0.2) is 0 Å². The highest BCUT2D eigenvalue weighted by atomic mass is 16.3. The van der Waals surface area contributed by atoms with E-state index < -0.39 is 0 Å². The lowest BCUT2D eigenvalue weighted by atomic mass is 10.5. The molecule has 0 saturated carbocycles. The molecule has 0 saturated heterocycles. The molecule has 0 aromatic carbocycles. The Labute approximate surface area is 67.2 Å². The average Bonchev–Trinajstić information content (AvgIpc) is 2.00. The maximum absolute atomic E-state index is 10.9. The van der Waals surface area contributed by atoms with Crippen LogP contribution in [0.5, 0.6) is 0 Å². The number of nitrogens with one attached hydrogen (secondary N) is 1. The third-order valence-electron chi connectivity index (χ3n) is 1.39. The molecular formula is C7H16N2O2. The normalized spacial score (nSPS) is 10.2. The van der Waals surface area contributed by atoms with Gasteiger partial charge in [0.25, 0.3) is 0 Å². The van der Waals surface area contributed by atoms with E-state index in [4.69, 9.17) is 5.11 Å². The summed E-state index contributed by atoms with van der Waals surface area (Å²) < 4.78 is 0. The molecule has 4 nitrogen and oxygen atoms in total. The van der Waals surface area contributed by atoms with Crippen molar-refractivity contribution in [2.24, 2.45) is 0 Å². The number of carbonyl (C=O) groups excluding carboxylic acids is 1. The summed E-state index contributed by atoms with van der Waals surface area (Å²) in [5.41, 5.74) is 0. The van der Waals surface area contributed by atoms with Crippen molar-refractivity contribution in [2.75, 3.05) is 33.3 Å². The van der Waals surface area contributed by atoms with Crippen LogP contribution in [-0.4, -0.2) is 49.2 Å². The molecule has 0 atom stereocenters. The number of carbonyl (C=O) groups is 1.